The van der Waals surface area contributed by atoms with E-state index in [1.165, 1.54) is 0 Å². The maximum Gasteiger partial charge on any atom is 0.277 e. The summed E-state index contributed by atoms with van der Waals surface area (Å²) >= 11 is 13.3. The van der Waals surface area contributed by atoms with Gasteiger partial charge in [0.15, 0.2) is 0 Å². The Bertz CT molecular complexity index is 663. The summed E-state index contributed by atoms with van der Waals surface area (Å²) in [6.07, 6.45) is 0. The van der Waals surface area contributed by atoms with Crippen LogP contribution in [0.4, 0.5) is 5.69 Å². The summed E-state index contributed by atoms with van der Waals surface area (Å²) in [5.41, 5.74) is 6.58. The van der Waals surface area contributed by atoms with E-state index in [0.717, 1.165) is 17.3 Å². The molecule has 3 N–H and O–H groups in total. The van der Waals surface area contributed by atoms with Crippen LogP contribution in [0.3, 0.4) is 0 Å². The van der Waals surface area contributed by atoms with E-state index in [1.807, 2.05) is 6.92 Å². The number of amides is 1. The van der Waals surface area contributed by atoms with Crippen molar-refractivity contribution in [2.24, 2.45) is 5.73 Å². The zero-order valence-corrected chi connectivity index (χ0v) is 13.3. The highest BCUT2D eigenvalue weighted by atomic mass is 35.5. The highest BCUT2D eigenvalue weighted by Gasteiger charge is 2.13. The number of aromatic nitrogens is 2. The van der Waals surface area contributed by atoms with Gasteiger partial charge in [0.25, 0.3) is 5.22 Å². The highest BCUT2D eigenvalue weighted by Crippen LogP contribution is 2.33. The number of aryl methyl sites for hydroxylation is 1. The molecule has 6 nitrogen and oxygen atoms in total. The topological polar surface area (TPSA) is 94.0 Å². The molecule has 1 aromatic heterocycles. The van der Waals surface area contributed by atoms with Gasteiger partial charge in [-0.3, -0.25) is 4.79 Å². The van der Waals surface area contributed by atoms with Crippen LogP contribution in [0.1, 0.15) is 11.5 Å². The molecule has 0 fully saturated rings. The van der Waals surface area contributed by atoms with Crippen LogP contribution in [-0.2, 0) is 11.3 Å². The third-order valence-electron chi connectivity index (χ3n) is 2.50. The molecule has 1 aromatic carbocycles. The summed E-state index contributed by atoms with van der Waals surface area (Å²) in [5.74, 6) is 0.136. The van der Waals surface area contributed by atoms with Crippen molar-refractivity contribution in [1.29, 1.82) is 0 Å². The van der Waals surface area contributed by atoms with Gasteiger partial charge in [0.1, 0.15) is 0 Å². The van der Waals surface area contributed by atoms with E-state index >= 15 is 0 Å². The molecule has 0 atom stereocenters. The fourth-order valence-corrected chi connectivity index (χ4v) is 2.50. The molecule has 2 aromatic rings. The lowest BCUT2D eigenvalue weighted by Gasteiger charge is -2.10. The van der Waals surface area contributed by atoms with Crippen LogP contribution < -0.4 is 11.1 Å². The SMILES string of the molecule is Cc1ccc(Cl)c(NC(=O)CSc2nnc(CN)o2)c1Cl. The van der Waals surface area contributed by atoms with Crippen molar-refractivity contribution < 1.29 is 9.21 Å². The van der Waals surface area contributed by atoms with Crippen molar-refractivity contribution in [2.75, 3.05) is 11.1 Å². The molecule has 0 saturated carbocycles. The largest absolute Gasteiger partial charge is 0.415 e. The molecule has 0 aliphatic carbocycles. The Balaban J connectivity index is 1.97. The number of nitrogens with zero attached hydrogens (tertiary/aromatic N) is 2. The first kappa shape index (κ1) is 16.1. The predicted molar refractivity (Wildman–Crippen MR) is 82.7 cm³/mol. The van der Waals surface area contributed by atoms with Crippen LogP contribution in [0.15, 0.2) is 21.8 Å². The van der Waals surface area contributed by atoms with E-state index in [9.17, 15) is 4.79 Å². The van der Waals surface area contributed by atoms with E-state index in [4.69, 9.17) is 33.4 Å². The molecule has 9 heteroatoms. The van der Waals surface area contributed by atoms with E-state index in [0.29, 0.717) is 21.6 Å². The van der Waals surface area contributed by atoms with Crippen molar-refractivity contribution in [3.63, 3.8) is 0 Å². The van der Waals surface area contributed by atoms with E-state index < -0.39 is 0 Å². The molecule has 0 unspecified atom stereocenters. The minimum absolute atomic E-state index is 0.0901. The maximum atomic E-state index is 11.9. The van der Waals surface area contributed by atoms with Crippen LogP contribution in [0.2, 0.25) is 10.0 Å². The first-order valence-electron chi connectivity index (χ1n) is 5.91. The lowest BCUT2D eigenvalue weighted by Crippen LogP contribution is -2.15. The third-order valence-corrected chi connectivity index (χ3v) is 4.12. The molecule has 1 amide bonds. The lowest BCUT2D eigenvalue weighted by atomic mass is 10.2. The second-order valence-electron chi connectivity index (χ2n) is 4.06. The predicted octanol–water partition coefficient (Wildman–Crippen LogP) is 2.87. The van der Waals surface area contributed by atoms with Crippen molar-refractivity contribution in [2.45, 2.75) is 18.7 Å². The number of nitrogens with two attached hydrogens (primary N) is 1. The van der Waals surface area contributed by atoms with Gasteiger partial charge < -0.3 is 15.5 Å². The second-order valence-corrected chi connectivity index (χ2v) is 5.77. The summed E-state index contributed by atoms with van der Waals surface area (Å²) in [6, 6.07) is 3.46. The molecule has 21 heavy (non-hydrogen) atoms. The molecular formula is C12H12Cl2N4O2S. The van der Waals surface area contributed by atoms with Crippen molar-refractivity contribution in [1.82, 2.24) is 10.2 Å². The summed E-state index contributed by atoms with van der Waals surface area (Å²) < 4.78 is 5.18. The Kier molecular flexibility index (Phi) is 5.46. The minimum atomic E-state index is -0.276. The number of halogens is 2. The molecule has 0 spiro atoms. The molecule has 0 bridgehead atoms. The minimum Gasteiger partial charge on any atom is -0.415 e. The molecule has 0 saturated heterocycles. The summed E-state index contributed by atoms with van der Waals surface area (Å²) in [6.45, 7) is 1.99. The van der Waals surface area contributed by atoms with E-state index in [-0.39, 0.29) is 23.4 Å². The molecule has 0 aliphatic rings. The van der Waals surface area contributed by atoms with Gasteiger partial charge >= 0.3 is 0 Å². The van der Waals surface area contributed by atoms with Crippen LogP contribution in [0.25, 0.3) is 0 Å². The number of hydrogen-bond donors (Lipinski definition) is 2. The van der Waals surface area contributed by atoms with Crippen molar-refractivity contribution in [3.8, 4) is 0 Å². The number of hydrogen-bond acceptors (Lipinski definition) is 6. The number of carbonyl (C=O) groups excluding carboxylic acids is 1. The summed E-state index contributed by atoms with van der Waals surface area (Å²) in [7, 11) is 0. The molecule has 1 heterocycles. The van der Waals surface area contributed by atoms with Gasteiger partial charge in [-0.2, -0.15) is 0 Å². The summed E-state index contributed by atoms with van der Waals surface area (Å²) in [5, 5.41) is 11.2. The molecule has 0 aliphatic heterocycles. The molecule has 0 radical (unpaired) electrons. The van der Waals surface area contributed by atoms with Crippen LogP contribution in [-0.4, -0.2) is 21.9 Å². The van der Waals surface area contributed by atoms with Gasteiger partial charge in [0.05, 0.1) is 28.0 Å². The van der Waals surface area contributed by atoms with Crippen LogP contribution in [0.5, 0.6) is 0 Å². The van der Waals surface area contributed by atoms with Crippen molar-refractivity contribution >= 4 is 46.6 Å². The van der Waals surface area contributed by atoms with Gasteiger partial charge in [-0.1, -0.05) is 41.0 Å². The van der Waals surface area contributed by atoms with Crippen molar-refractivity contribution in [3.05, 3.63) is 33.6 Å². The monoisotopic (exact) mass is 346 g/mol. The average molecular weight is 347 g/mol. The van der Waals surface area contributed by atoms with Crippen LogP contribution in [0, 0.1) is 6.92 Å². The Morgan fingerprint density at radius 1 is 1.43 bits per heavy atom. The van der Waals surface area contributed by atoms with Gasteiger partial charge in [-0.25, -0.2) is 0 Å². The standard InChI is InChI=1S/C12H12Cl2N4O2S/c1-6-2-3-7(13)11(10(6)14)16-8(19)5-21-12-18-17-9(4-15)20-12/h2-3H,4-5,15H2,1H3,(H,16,19). The average Bonchev–Trinajstić information content (AvgIpc) is 2.93. The Hall–Kier alpha value is -1.28. The molecular weight excluding hydrogens is 335 g/mol. The zero-order chi connectivity index (χ0) is 15.4. The number of rotatable bonds is 5. The number of nitrogens with one attached hydrogen (secondary N) is 1. The van der Waals surface area contributed by atoms with Gasteiger partial charge in [-0.05, 0) is 18.6 Å². The lowest BCUT2D eigenvalue weighted by molar-refractivity contribution is -0.113. The molecule has 112 valence electrons. The fourth-order valence-electron chi connectivity index (χ4n) is 1.45. The first-order valence-corrected chi connectivity index (χ1v) is 7.65. The third kappa shape index (κ3) is 4.10. The van der Waals surface area contributed by atoms with Gasteiger partial charge in [-0.15, -0.1) is 10.2 Å². The molecule has 2 rings (SSSR count). The Morgan fingerprint density at radius 2 is 2.19 bits per heavy atom. The van der Waals surface area contributed by atoms with E-state index in [1.54, 1.807) is 12.1 Å². The van der Waals surface area contributed by atoms with Gasteiger partial charge in [0.2, 0.25) is 11.8 Å². The number of anilines is 1. The fraction of sp³-hybridized carbons (Fsp3) is 0.250. The normalized spacial score (nSPS) is 10.7. The zero-order valence-electron chi connectivity index (χ0n) is 11.0. The second kappa shape index (κ2) is 7.13. The maximum absolute atomic E-state index is 11.9. The Morgan fingerprint density at radius 3 is 2.86 bits per heavy atom. The first-order chi connectivity index (χ1) is 10.0. The number of thioether (sulfide) groups is 1. The van der Waals surface area contributed by atoms with Gasteiger partial charge in [0, 0.05) is 0 Å². The summed E-state index contributed by atoms with van der Waals surface area (Å²) in [4.78, 5) is 11.9. The van der Waals surface area contributed by atoms with Crippen LogP contribution >= 0.6 is 35.0 Å². The smallest absolute Gasteiger partial charge is 0.277 e. The highest BCUT2D eigenvalue weighted by molar-refractivity contribution is 7.99. The number of carbonyl (C=O) groups is 1. The quantitative estimate of drug-likeness (QED) is 0.808. The Labute approximate surface area is 135 Å². The number of benzene rings is 1. The van der Waals surface area contributed by atoms with E-state index in [2.05, 4.69) is 15.5 Å².